The normalized spacial score (nSPS) is 14.4. The standard InChI is InChI=1S/C36H39N7O6.C31H31N7O4/c1-36(2,3)49-35(45)42-19-16-25(22-42)39-32-31-29(15-18-38-33(31)43(41-32)21-23-6-10-26(46-4)11-7-23)48-27-12-8-24(9-13-27)34(44)40-30-20-28(47-5)14-17-37-30;1-40-23-7-3-20(4-8-23)19-38-30-28(29(37-38)35-22-11-14-32-18-22)26(13-16-34-30)42-24-9-5-21(6-10-24)31(39)36-27-17-25(41-2)12-15-33-27/h6-15,17-18,20,25H,16,19,21-22H2,1-5H3,(H,39,41)(H,37,40,44);3-10,12-13,15-17,22,32H,11,14,18-19H2,1-2H3,(H,35,37)(H,33,36,39)/t25-;22-/m11/s1. The van der Waals surface area contributed by atoms with E-state index < -0.39 is 5.60 Å². The molecule has 8 heterocycles. The lowest BCUT2D eigenvalue weighted by Gasteiger charge is -2.24. The number of benzene rings is 4. The van der Waals surface area contributed by atoms with Crippen molar-refractivity contribution in [3.8, 4) is 46.0 Å². The van der Waals surface area contributed by atoms with Gasteiger partial charge < -0.3 is 64.6 Å². The maximum absolute atomic E-state index is 12.9. The van der Waals surface area contributed by atoms with Gasteiger partial charge in [-0.1, -0.05) is 24.3 Å². The Bertz CT molecular complexity index is 4150. The van der Waals surface area contributed by atoms with Gasteiger partial charge in [-0.2, -0.15) is 10.2 Å². The molecular formula is C67H70N14O10. The predicted octanol–water partition coefficient (Wildman–Crippen LogP) is 11.1. The fraction of sp³-hybridized carbons (Fsp3) is 0.269. The highest BCUT2D eigenvalue weighted by atomic mass is 16.6. The highest BCUT2D eigenvalue weighted by Gasteiger charge is 2.32. The van der Waals surface area contributed by atoms with Crippen LogP contribution in [0, 0.1) is 0 Å². The van der Waals surface area contributed by atoms with Crippen molar-refractivity contribution < 1.29 is 47.5 Å². The van der Waals surface area contributed by atoms with Crippen LogP contribution in [0.1, 0.15) is 65.5 Å². The molecule has 3 amide bonds. The van der Waals surface area contributed by atoms with Gasteiger partial charge in [0.2, 0.25) is 0 Å². The number of anilines is 4. The van der Waals surface area contributed by atoms with Gasteiger partial charge in [0, 0.05) is 91.9 Å². The number of nitrogens with one attached hydrogen (secondary N) is 5. The molecule has 2 aliphatic rings. The quantitative estimate of drug-likeness (QED) is 0.0475. The molecule has 0 bridgehead atoms. The average Bonchev–Trinajstić information content (AvgIpc) is 1.66. The van der Waals surface area contributed by atoms with Gasteiger partial charge in [-0.15, -0.1) is 0 Å². The second-order valence-electron chi connectivity index (χ2n) is 22.4. The molecule has 0 spiro atoms. The number of carbonyl (C=O) groups excluding carboxylic acids is 3. The molecule has 2 saturated heterocycles. The van der Waals surface area contributed by atoms with Crippen LogP contribution in [0.2, 0.25) is 0 Å². The van der Waals surface area contributed by atoms with Gasteiger partial charge in [-0.25, -0.2) is 34.1 Å². The smallest absolute Gasteiger partial charge is 0.410 e. The van der Waals surface area contributed by atoms with Crippen LogP contribution in [0.15, 0.2) is 158 Å². The van der Waals surface area contributed by atoms with Crippen molar-refractivity contribution in [3.63, 3.8) is 0 Å². The summed E-state index contributed by atoms with van der Waals surface area (Å²) in [6, 6.07) is 39.9. The lowest BCUT2D eigenvalue weighted by Crippen LogP contribution is -2.36. The molecule has 10 aromatic rings. The van der Waals surface area contributed by atoms with E-state index in [0.29, 0.717) is 106 Å². The number of methoxy groups -OCH3 is 4. The van der Waals surface area contributed by atoms with Crippen LogP contribution in [-0.4, -0.2) is 135 Å². The summed E-state index contributed by atoms with van der Waals surface area (Å²) >= 11 is 0. The second kappa shape index (κ2) is 28.0. The molecule has 2 aliphatic heterocycles. The van der Waals surface area contributed by atoms with E-state index in [9.17, 15) is 14.4 Å². The summed E-state index contributed by atoms with van der Waals surface area (Å²) in [5, 5.41) is 27.4. The monoisotopic (exact) mass is 1230 g/mol. The Morgan fingerprint density at radius 1 is 0.527 bits per heavy atom. The summed E-state index contributed by atoms with van der Waals surface area (Å²) in [5.41, 5.74) is 3.74. The van der Waals surface area contributed by atoms with Gasteiger partial charge in [-0.3, -0.25) is 9.59 Å². The molecule has 12 rings (SSSR count). The maximum atomic E-state index is 12.9. The Hall–Kier alpha value is -11.0. The first-order valence-electron chi connectivity index (χ1n) is 29.5. The molecular weight excluding hydrogens is 1160 g/mol. The first-order chi connectivity index (χ1) is 44.2. The topological polar surface area (TPSA) is 266 Å². The van der Waals surface area contributed by atoms with Crippen molar-refractivity contribution in [3.05, 3.63) is 181 Å². The Labute approximate surface area is 525 Å². The molecule has 24 nitrogen and oxygen atoms in total. The second-order valence-corrected chi connectivity index (χ2v) is 22.4. The van der Waals surface area contributed by atoms with Crippen molar-refractivity contribution in [1.82, 2.24) is 49.7 Å². The molecule has 5 N–H and O–H groups in total. The zero-order valence-electron chi connectivity index (χ0n) is 51.4. The SMILES string of the molecule is COc1ccc(Cn2nc(N[C@@H]3CCN(C(=O)OC(C)(C)C)C3)c3c(Oc4ccc(C(=O)Nc5cc(OC)ccn5)cc4)ccnc32)cc1.COc1ccc(Cn2nc(N[C@@H]3CCNC3)c3c(Oc4ccc(C(=O)Nc5cc(OC)ccn5)cc4)ccnc32)cc1. The summed E-state index contributed by atoms with van der Waals surface area (Å²) in [6.07, 6.45) is 7.91. The molecule has 0 saturated carbocycles. The largest absolute Gasteiger partial charge is 0.497 e. The number of aromatic nitrogens is 8. The van der Waals surface area contributed by atoms with Crippen molar-refractivity contribution in [2.24, 2.45) is 0 Å². The van der Waals surface area contributed by atoms with Crippen molar-refractivity contribution >= 4 is 63.2 Å². The predicted molar refractivity (Wildman–Crippen MR) is 344 cm³/mol. The Balaban J connectivity index is 0.000000189. The third-order valence-electron chi connectivity index (χ3n) is 14.9. The Morgan fingerprint density at radius 2 is 0.967 bits per heavy atom. The van der Waals surface area contributed by atoms with E-state index in [1.807, 2.05) is 84.7 Å². The van der Waals surface area contributed by atoms with Crippen LogP contribution in [0.5, 0.6) is 46.0 Å². The molecule has 0 radical (unpaired) electrons. The average molecular weight is 1230 g/mol. The lowest BCUT2D eigenvalue weighted by atomic mass is 10.2. The fourth-order valence-electron chi connectivity index (χ4n) is 10.3. The van der Waals surface area contributed by atoms with Crippen LogP contribution < -0.4 is 55.0 Å². The zero-order chi connectivity index (χ0) is 63.4. The van der Waals surface area contributed by atoms with Crippen LogP contribution in [0.25, 0.3) is 22.1 Å². The number of fused-ring (bicyclic) bond motifs is 2. The number of ether oxygens (including phenoxy) is 7. The number of amides is 3. The maximum Gasteiger partial charge on any atom is 0.410 e. The summed E-state index contributed by atoms with van der Waals surface area (Å²) in [4.78, 5) is 57.8. The molecule has 0 unspecified atom stereocenters. The Morgan fingerprint density at radius 3 is 1.40 bits per heavy atom. The van der Waals surface area contributed by atoms with Crippen molar-refractivity contribution in [1.29, 1.82) is 0 Å². The van der Waals surface area contributed by atoms with E-state index in [1.54, 1.807) is 137 Å². The molecule has 4 aromatic carbocycles. The molecule has 2 atom stereocenters. The van der Waals surface area contributed by atoms with Gasteiger partial charge in [0.05, 0.1) is 41.5 Å². The van der Waals surface area contributed by atoms with Gasteiger partial charge in [0.15, 0.2) is 22.9 Å². The number of rotatable bonds is 20. The van der Waals surface area contributed by atoms with Gasteiger partial charge in [0.25, 0.3) is 11.8 Å². The fourth-order valence-corrected chi connectivity index (χ4v) is 10.3. The minimum absolute atomic E-state index is 0.0648. The van der Waals surface area contributed by atoms with Gasteiger partial charge in [0.1, 0.15) is 74.0 Å². The van der Waals surface area contributed by atoms with E-state index in [0.717, 1.165) is 59.8 Å². The van der Waals surface area contributed by atoms with Gasteiger partial charge in [-0.05, 0) is 136 Å². The van der Waals surface area contributed by atoms with E-state index in [2.05, 4.69) is 46.5 Å². The molecule has 6 aromatic heterocycles. The molecule has 468 valence electrons. The molecule has 24 heteroatoms. The van der Waals surface area contributed by atoms with E-state index in [1.165, 1.54) is 0 Å². The van der Waals surface area contributed by atoms with Crippen LogP contribution in [0.3, 0.4) is 0 Å². The van der Waals surface area contributed by atoms with E-state index in [4.69, 9.17) is 43.4 Å². The highest BCUT2D eigenvalue weighted by molar-refractivity contribution is 6.04. The van der Waals surface area contributed by atoms with Gasteiger partial charge >= 0.3 is 6.09 Å². The number of pyridine rings is 4. The van der Waals surface area contributed by atoms with E-state index in [-0.39, 0.29) is 30.0 Å². The molecule has 2 fully saturated rings. The van der Waals surface area contributed by atoms with Crippen molar-refractivity contribution in [2.45, 2.75) is 64.4 Å². The third-order valence-corrected chi connectivity index (χ3v) is 14.9. The lowest BCUT2D eigenvalue weighted by molar-refractivity contribution is 0.0293. The number of hydrogen-bond acceptors (Lipinski definition) is 19. The minimum atomic E-state index is -0.577. The number of nitrogens with zero attached hydrogens (tertiary/aromatic N) is 9. The number of carbonyl (C=O) groups is 3. The summed E-state index contributed by atoms with van der Waals surface area (Å²) in [5.74, 6) is 6.51. The highest BCUT2D eigenvalue weighted by Crippen LogP contribution is 2.38. The molecule has 91 heavy (non-hydrogen) atoms. The van der Waals surface area contributed by atoms with Crippen LogP contribution in [-0.2, 0) is 17.8 Å². The minimum Gasteiger partial charge on any atom is -0.497 e. The number of hydrogen-bond donors (Lipinski definition) is 5. The summed E-state index contributed by atoms with van der Waals surface area (Å²) in [7, 11) is 6.40. The summed E-state index contributed by atoms with van der Waals surface area (Å²) in [6.45, 7) is 9.40. The molecule has 0 aliphatic carbocycles. The number of likely N-dealkylation sites (tertiary alicyclic amines) is 1. The van der Waals surface area contributed by atoms with Crippen LogP contribution in [0.4, 0.5) is 28.1 Å². The first kappa shape index (κ1) is 61.6. The van der Waals surface area contributed by atoms with E-state index >= 15 is 0 Å². The third kappa shape index (κ3) is 15.5. The van der Waals surface area contributed by atoms with Crippen LogP contribution >= 0.6 is 0 Å². The van der Waals surface area contributed by atoms with Crippen molar-refractivity contribution in [2.75, 3.05) is 75.9 Å². The summed E-state index contributed by atoms with van der Waals surface area (Å²) < 4.78 is 43.1. The first-order valence-corrected chi connectivity index (χ1v) is 29.5. The zero-order valence-corrected chi connectivity index (χ0v) is 51.4. The Kier molecular flexibility index (Phi) is 19.0.